The van der Waals surface area contributed by atoms with Crippen LogP contribution in [0.5, 0.6) is 0 Å². The van der Waals surface area contributed by atoms with E-state index in [1.165, 1.54) is 0 Å². The van der Waals surface area contributed by atoms with E-state index in [0.717, 1.165) is 12.4 Å². The monoisotopic (exact) mass is 136 g/mol. The average Bonchev–Trinajstić information content (AvgIpc) is 1.88. The van der Waals surface area contributed by atoms with Gasteiger partial charge in [-0.15, -0.1) is 0 Å². The van der Waals surface area contributed by atoms with E-state index in [4.69, 9.17) is 9.53 Å². The second kappa shape index (κ2) is 15.8. The predicted octanol–water partition coefficient (Wildman–Crippen LogP) is 0.811. The molecule has 0 heterocycles. The molecule has 0 spiro atoms. The molecule has 3 heteroatoms. The van der Waals surface area contributed by atoms with Gasteiger partial charge in [-0.25, -0.2) is 0 Å². The predicted molar refractivity (Wildman–Crippen MR) is 37.4 cm³/mol. The van der Waals surface area contributed by atoms with Crippen LogP contribution < -0.4 is 0 Å². The summed E-state index contributed by atoms with van der Waals surface area (Å²) < 4.78 is 4.76. The molecule has 0 aliphatic heterocycles. The van der Waals surface area contributed by atoms with Gasteiger partial charge in [0.1, 0.15) is 6.79 Å². The van der Waals surface area contributed by atoms with Crippen molar-refractivity contribution in [2.24, 2.45) is 0 Å². The molecule has 0 aromatic heterocycles. The molecular formula is C5H12O2S. The Bertz CT molecular complexity index is 29.6. The van der Waals surface area contributed by atoms with Crippen LogP contribution in [0, 0.1) is 0 Å². The first-order valence-electron chi connectivity index (χ1n) is 2.18. The number of rotatable bonds is 3. The molecule has 0 N–H and O–H groups in total. The lowest BCUT2D eigenvalue weighted by Crippen LogP contribution is -1.88. The van der Waals surface area contributed by atoms with Crippen LogP contribution in [0.25, 0.3) is 0 Å². The largest absolute Gasteiger partial charge is 0.384 e. The van der Waals surface area contributed by atoms with E-state index in [1.54, 1.807) is 18.9 Å². The zero-order chi connectivity index (χ0) is 6.83. The van der Waals surface area contributed by atoms with Crippen LogP contribution in [0.3, 0.4) is 0 Å². The lowest BCUT2D eigenvalue weighted by atomic mass is 10.9. The molecule has 0 aliphatic rings. The van der Waals surface area contributed by atoms with Crippen LogP contribution in [-0.4, -0.2) is 32.5 Å². The van der Waals surface area contributed by atoms with Crippen LogP contribution in [-0.2, 0) is 9.53 Å². The van der Waals surface area contributed by atoms with Crippen LogP contribution in [0.1, 0.15) is 0 Å². The maximum atomic E-state index is 8.00. The Balaban J connectivity index is 0. The maximum Gasteiger partial charge on any atom is 0.106 e. The fourth-order valence-electron chi connectivity index (χ4n) is 0.167. The second-order valence-corrected chi connectivity index (χ2v) is 1.97. The van der Waals surface area contributed by atoms with Gasteiger partial charge < -0.3 is 9.53 Å². The summed E-state index contributed by atoms with van der Waals surface area (Å²) in [5.74, 6) is 1.11. The average molecular weight is 136 g/mol. The van der Waals surface area contributed by atoms with Gasteiger partial charge >= 0.3 is 0 Å². The van der Waals surface area contributed by atoms with Crippen molar-refractivity contribution in [2.75, 3.05) is 25.7 Å². The molecule has 0 atom stereocenters. The molecule has 0 rings (SSSR count). The first-order chi connectivity index (χ1) is 3.91. The number of hydrogen-bond donors (Lipinski definition) is 0. The van der Waals surface area contributed by atoms with Crippen molar-refractivity contribution < 1.29 is 9.53 Å². The summed E-state index contributed by atoms with van der Waals surface area (Å²) in [4.78, 5) is 8.00. The van der Waals surface area contributed by atoms with Crippen LogP contribution >= 0.6 is 11.8 Å². The van der Waals surface area contributed by atoms with Crippen molar-refractivity contribution in [1.82, 2.24) is 0 Å². The summed E-state index contributed by atoms with van der Waals surface area (Å²) in [6.45, 7) is 2.88. The number of hydrogen-bond acceptors (Lipinski definition) is 3. The van der Waals surface area contributed by atoms with Crippen LogP contribution in [0.4, 0.5) is 0 Å². The van der Waals surface area contributed by atoms with E-state index in [1.807, 2.05) is 6.79 Å². The summed E-state index contributed by atoms with van der Waals surface area (Å²) in [6.07, 6.45) is 2.07. The molecule has 0 aliphatic carbocycles. The van der Waals surface area contributed by atoms with Gasteiger partial charge in [0.05, 0.1) is 6.61 Å². The number of ether oxygens (including phenoxy) is 1. The topological polar surface area (TPSA) is 26.3 Å². The van der Waals surface area contributed by atoms with E-state index < -0.39 is 0 Å². The van der Waals surface area contributed by atoms with Crippen LogP contribution in [0.15, 0.2) is 0 Å². The third kappa shape index (κ3) is 16.7. The Morgan fingerprint density at radius 2 is 2.12 bits per heavy atom. The molecule has 0 unspecified atom stereocenters. The summed E-state index contributed by atoms with van der Waals surface area (Å²) in [5, 5.41) is 0. The second-order valence-electron chi connectivity index (χ2n) is 0.986. The van der Waals surface area contributed by atoms with Gasteiger partial charge in [-0.2, -0.15) is 11.8 Å². The summed E-state index contributed by atoms with van der Waals surface area (Å²) in [5.41, 5.74) is 0. The summed E-state index contributed by atoms with van der Waals surface area (Å²) in [6, 6.07) is 0. The van der Waals surface area contributed by atoms with Crippen LogP contribution in [0.2, 0.25) is 0 Å². The Hall–Kier alpha value is -0.0200. The molecule has 2 nitrogen and oxygen atoms in total. The van der Waals surface area contributed by atoms with Crippen molar-refractivity contribution in [3.8, 4) is 0 Å². The maximum absolute atomic E-state index is 8.00. The third-order valence-corrected chi connectivity index (χ3v) is 1.07. The highest BCUT2D eigenvalue weighted by atomic mass is 32.2. The molecule has 0 bridgehead atoms. The van der Waals surface area contributed by atoms with Gasteiger partial charge in [0.15, 0.2) is 0 Å². The molecule has 0 radical (unpaired) electrons. The van der Waals surface area contributed by atoms with Gasteiger partial charge in [0.2, 0.25) is 0 Å². The van der Waals surface area contributed by atoms with Gasteiger partial charge in [0, 0.05) is 12.9 Å². The quantitative estimate of drug-likeness (QED) is 0.537. The van der Waals surface area contributed by atoms with Crippen molar-refractivity contribution in [3.05, 3.63) is 0 Å². The molecular weight excluding hydrogens is 124 g/mol. The molecule has 0 saturated carbocycles. The SMILES string of the molecule is C=O.COCCSC. The van der Waals surface area contributed by atoms with Crippen molar-refractivity contribution in [3.63, 3.8) is 0 Å². The van der Waals surface area contributed by atoms with E-state index >= 15 is 0 Å². The number of carbonyl (C=O) groups is 1. The lowest BCUT2D eigenvalue weighted by molar-refractivity contribution is -0.0979. The minimum atomic E-state index is 0.876. The Labute approximate surface area is 54.6 Å². The lowest BCUT2D eigenvalue weighted by Gasteiger charge is -1.89. The smallest absolute Gasteiger partial charge is 0.106 e. The summed E-state index contributed by atoms with van der Waals surface area (Å²) in [7, 11) is 1.72. The normalized spacial score (nSPS) is 7.25. The first kappa shape index (κ1) is 10.9. The Morgan fingerprint density at radius 1 is 1.62 bits per heavy atom. The molecule has 0 fully saturated rings. The molecule has 0 aromatic carbocycles. The number of thioether (sulfide) groups is 1. The number of methoxy groups -OCH3 is 1. The molecule has 0 aromatic rings. The van der Waals surface area contributed by atoms with E-state index in [2.05, 4.69) is 6.26 Å². The highest BCUT2D eigenvalue weighted by Gasteiger charge is 1.74. The Morgan fingerprint density at radius 3 is 2.25 bits per heavy atom. The fourth-order valence-corrected chi connectivity index (χ4v) is 0.500. The standard InChI is InChI=1S/C4H10OS.CH2O/c1-5-3-4-6-2;1-2/h3-4H2,1-2H3;1H2. The van der Waals surface area contributed by atoms with E-state index in [-0.39, 0.29) is 0 Å². The van der Waals surface area contributed by atoms with Crippen molar-refractivity contribution in [2.45, 2.75) is 0 Å². The van der Waals surface area contributed by atoms with Gasteiger partial charge in [-0.05, 0) is 6.26 Å². The van der Waals surface area contributed by atoms with Crippen molar-refractivity contribution >= 4 is 18.6 Å². The van der Waals surface area contributed by atoms with Gasteiger partial charge in [-0.3, -0.25) is 0 Å². The van der Waals surface area contributed by atoms with Gasteiger partial charge in [0.25, 0.3) is 0 Å². The minimum absolute atomic E-state index is 0.876. The Kier molecular flexibility index (Phi) is 21.4. The number of carbonyl (C=O) groups excluding carboxylic acids is 1. The zero-order valence-corrected chi connectivity index (χ0v) is 6.16. The third-order valence-electron chi connectivity index (χ3n) is 0.492. The van der Waals surface area contributed by atoms with E-state index in [0.29, 0.717) is 0 Å². The highest BCUT2D eigenvalue weighted by Crippen LogP contribution is 1.87. The first-order valence-corrected chi connectivity index (χ1v) is 3.58. The molecule has 0 amide bonds. The van der Waals surface area contributed by atoms with E-state index in [9.17, 15) is 0 Å². The molecule has 8 heavy (non-hydrogen) atoms. The zero-order valence-electron chi connectivity index (χ0n) is 5.35. The minimum Gasteiger partial charge on any atom is -0.384 e. The highest BCUT2D eigenvalue weighted by molar-refractivity contribution is 7.98. The molecule has 0 saturated heterocycles. The van der Waals surface area contributed by atoms with Crippen molar-refractivity contribution in [1.29, 1.82) is 0 Å². The summed E-state index contributed by atoms with van der Waals surface area (Å²) >= 11 is 1.80. The fraction of sp³-hybridized carbons (Fsp3) is 0.800. The van der Waals surface area contributed by atoms with Gasteiger partial charge in [-0.1, -0.05) is 0 Å². The molecule has 50 valence electrons.